The molecule has 0 saturated carbocycles. The zero-order valence-corrected chi connectivity index (χ0v) is 15.6. The number of esters is 1. The zero-order chi connectivity index (χ0) is 18.1. The van der Waals surface area contributed by atoms with E-state index in [1.54, 1.807) is 6.08 Å². The topological polar surface area (TPSA) is 55.9 Å². The van der Waals surface area contributed by atoms with Crippen molar-refractivity contribution < 1.29 is 19.1 Å². The second-order valence-corrected chi connectivity index (χ2v) is 7.34. The van der Waals surface area contributed by atoms with E-state index >= 15 is 0 Å². The lowest BCUT2D eigenvalue weighted by atomic mass is 9.94. The molecule has 1 aromatic carbocycles. The van der Waals surface area contributed by atoms with Crippen LogP contribution >= 0.6 is 11.6 Å². The van der Waals surface area contributed by atoms with Gasteiger partial charge in [0.15, 0.2) is 5.78 Å². The molecule has 25 heavy (non-hydrogen) atoms. The van der Waals surface area contributed by atoms with Crippen LogP contribution < -0.4 is 0 Å². The number of ether oxygens (including phenoxy) is 2. The minimum absolute atomic E-state index is 0.0701. The van der Waals surface area contributed by atoms with Gasteiger partial charge in [-0.05, 0) is 56.4 Å². The molecule has 2 aliphatic heterocycles. The third-order valence-corrected chi connectivity index (χ3v) is 5.30. The SMILES string of the molecule is Cc1cc(C)c2c(c1Cl)CC(=O)/C=C/CC[C@H]1O[C@H]1C[C@@H](C)OC2=O. The van der Waals surface area contributed by atoms with Gasteiger partial charge in [-0.1, -0.05) is 23.7 Å². The fourth-order valence-electron chi connectivity index (χ4n) is 3.46. The fourth-order valence-corrected chi connectivity index (χ4v) is 3.68. The second-order valence-electron chi connectivity index (χ2n) is 6.97. The summed E-state index contributed by atoms with van der Waals surface area (Å²) in [4.78, 5) is 25.1. The fraction of sp³-hybridized carbons (Fsp3) is 0.500. The number of benzene rings is 1. The van der Waals surface area contributed by atoms with Crippen molar-refractivity contribution >= 4 is 23.4 Å². The van der Waals surface area contributed by atoms with E-state index in [9.17, 15) is 9.59 Å². The van der Waals surface area contributed by atoms with Gasteiger partial charge < -0.3 is 9.47 Å². The number of allylic oxidation sites excluding steroid dienone is 2. The van der Waals surface area contributed by atoms with E-state index in [-0.39, 0.29) is 30.5 Å². The van der Waals surface area contributed by atoms with Gasteiger partial charge >= 0.3 is 5.97 Å². The molecule has 1 fully saturated rings. The normalized spacial score (nSPS) is 28.4. The third kappa shape index (κ3) is 4.13. The lowest BCUT2D eigenvalue weighted by molar-refractivity contribution is -0.114. The van der Waals surface area contributed by atoms with Crippen LogP contribution in [0.1, 0.15) is 53.2 Å². The summed E-state index contributed by atoms with van der Waals surface area (Å²) in [6, 6.07) is 1.86. The first kappa shape index (κ1) is 18.2. The van der Waals surface area contributed by atoms with Crippen molar-refractivity contribution in [3.63, 3.8) is 0 Å². The molecule has 3 atom stereocenters. The predicted octanol–water partition coefficient (Wildman–Crippen LogP) is 4.12. The van der Waals surface area contributed by atoms with E-state index in [2.05, 4.69) is 0 Å². The maximum absolute atomic E-state index is 12.7. The van der Waals surface area contributed by atoms with Crippen molar-refractivity contribution in [3.8, 4) is 0 Å². The Labute approximate surface area is 153 Å². The molecule has 0 unspecified atom stereocenters. The van der Waals surface area contributed by atoms with Crippen LogP contribution in [0.3, 0.4) is 0 Å². The molecule has 0 radical (unpaired) electrons. The standard InChI is InChI=1S/C20H23ClO4/c1-11-8-12(2)19(21)15-10-14(22)6-4-5-7-16-17(25-16)9-13(3)24-20(23)18(11)15/h4,6,8,13,16-17H,5,7,9-10H2,1-3H3/b6-4+/t13-,16-,17+/m1/s1. The molecule has 0 spiro atoms. The number of fused-ring (bicyclic) bond motifs is 2. The van der Waals surface area contributed by atoms with Gasteiger partial charge in [0.25, 0.3) is 0 Å². The van der Waals surface area contributed by atoms with E-state index in [1.807, 2.05) is 32.9 Å². The number of cyclic esters (lactones) is 1. The van der Waals surface area contributed by atoms with Crippen molar-refractivity contribution in [2.24, 2.45) is 0 Å². The molecule has 0 aromatic heterocycles. The number of ketones is 1. The molecule has 1 saturated heterocycles. The summed E-state index contributed by atoms with van der Waals surface area (Å²) in [5.74, 6) is -0.493. The van der Waals surface area contributed by atoms with Crippen LogP contribution in [0, 0.1) is 13.8 Å². The molecular formula is C20H23ClO4. The van der Waals surface area contributed by atoms with Gasteiger partial charge in [-0.25, -0.2) is 4.79 Å². The lowest BCUT2D eigenvalue weighted by Crippen LogP contribution is -2.21. The van der Waals surface area contributed by atoms with Crippen LogP contribution in [0.15, 0.2) is 18.2 Å². The number of hydrogen-bond donors (Lipinski definition) is 0. The molecule has 2 aliphatic rings. The predicted molar refractivity (Wildman–Crippen MR) is 96.2 cm³/mol. The zero-order valence-electron chi connectivity index (χ0n) is 14.8. The Kier molecular flexibility index (Phi) is 5.30. The van der Waals surface area contributed by atoms with Gasteiger partial charge in [0.1, 0.15) is 6.10 Å². The van der Waals surface area contributed by atoms with E-state index in [0.717, 1.165) is 24.0 Å². The highest BCUT2D eigenvalue weighted by Gasteiger charge is 2.39. The number of rotatable bonds is 0. The van der Waals surface area contributed by atoms with Gasteiger partial charge in [-0.3, -0.25) is 4.79 Å². The monoisotopic (exact) mass is 362 g/mol. The van der Waals surface area contributed by atoms with E-state index in [1.165, 1.54) is 0 Å². The number of epoxide rings is 1. The molecule has 5 heteroatoms. The van der Waals surface area contributed by atoms with Crippen LogP contribution in [-0.2, 0) is 20.7 Å². The smallest absolute Gasteiger partial charge is 0.339 e. The molecule has 2 heterocycles. The Balaban J connectivity index is 1.98. The van der Waals surface area contributed by atoms with Crippen LogP contribution in [-0.4, -0.2) is 30.1 Å². The summed E-state index contributed by atoms with van der Waals surface area (Å²) in [6.07, 6.45) is 6.02. The summed E-state index contributed by atoms with van der Waals surface area (Å²) in [7, 11) is 0. The van der Waals surface area contributed by atoms with Crippen molar-refractivity contribution in [1.29, 1.82) is 0 Å². The van der Waals surface area contributed by atoms with E-state index < -0.39 is 5.97 Å². The average Bonchev–Trinajstić information content (AvgIpc) is 3.25. The highest BCUT2D eigenvalue weighted by molar-refractivity contribution is 6.33. The lowest BCUT2D eigenvalue weighted by Gasteiger charge is -2.18. The van der Waals surface area contributed by atoms with E-state index in [4.69, 9.17) is 21.1 Å². The summed E-state index contributed by atoms with van der Waals surface area (Å²) >= 11 is 6.43. The van der Waals surface area contributed by atoms with Crippen LogP contribution in [0.25, 0.3) is 0 Å². The van der Waals surface area contributed by atoms with E-state index in [0.29, 0.717) is 22.6 Å². The summed E-state index contributed by atoms with van der Waals surface area (Å²) < 4.78 is 11.2. The Morgan fingerprint density at radius 3 is 2.68 bits per heavy atom. The molecule has 3 rings (SSSR count). The molecular weight excluding hydrogens is 340 g/mol. The first-order valence-electron chi connectivity index (χ1n) is 8.71. The van der Waals surface area contributed by atoms with Gasteiger partial charge in [-0.2, -0.15) is 0 Å². The maximum Gasteiger partial charge on any atom is 0.339 e. The number of carbonyl (C=O) groups excluding carboxylic acids is 2. The Morgan fingerprint density at radius 1 is 1.16 bits per heavy atom. The summed E-state index contributed by atoms with van der Waals surface area (Å²) in [6.45, 7) is 5.59. The molecule has 1 aromatic rings. The largest absolute Gasteiger partial charge is 0.459 e. The first-order valence-corrected chi connectivity index (χ1v) is 9.09. The van der Waals surface area contributed by atoms with Crippen molar-refractivity contribution in [2.45, 2.75) is 64.8 Å². The second kappa shape index (κ2) is 7.30. The summed E-state index contributed by atoms with van der Waals surface area (Å²) in [5.41, 5.74) is 2.60. The van der Waals surface area contributed by atoms with Gasteiger partial charge in [0.2, 0.25) is 0 Å². The van der Waals surface area contributed by atoms with Crippen LogP contribution in [0.4, 0.5) is 0 Å². The van der Waals surface area contributed by atoms with Gasteiger partial charge in [0, 0.05) is 17.9 Å². The minimum Gasteiger partial charge on any atom is -0.459 e. The third-order valence-electron chi connectivity index (χ3n) is 4.78. The van der Waals surface area contributed by atoms with Gasteiger partial charge in [-0.15, -0.1) is 0 Å². The van der Waals surface area contributed by atoms with Crippen molar-refractivity contribution in [3.05, 3.63) is 45.5 Å². The molecule has 0 amide bonds. The average molecular weight is 363 g/mol. The highest BCUT2D eigenvalue weighted by Crippen LogP contribution is 2.33. The van der Waals surface area contributed by atoms with Crippen molar-refractivity contribution in [1.82, 2.24) is 0 Å². The van der Waals surface area contributed by atoms with Crippen molar-refractivity contribution in [2.75, 3.05) is 0 Å². The van der Waals surface area contributed by atoms with Crippen LogP contribution in [0.5, 0.6) is 0 Å². The minimum atomic E-state index is -0.423. The molecule has 0 bridgehead atoms. The Morgan fingerprint density at radius 2 is 1.92 bits per heavy atom. The molecule has 0 N–H and O–H groups in total. The van der Waals surface area contributed by atoms with Gasteiger partial charge in [0.05, 0.1) is 17.8 Å². The molecule has 4 nitrogen and oxygen atoms in total. The number of carbonyl (C=O) groups is 2. The quantitative estimate of drug-likeness (QED) is 0.514. The number of hydrogen-bond acceptors (Lipinski definition) is 4. The molecule has 0 aliphatic carbocycles. The maximum atomic E-state index is 12.7. The Hall–Kier alpha value is -1.65. The first-order chi connectivity index (χ1) is 11.9. The highest BCUT2D eigenvalue weighted by atomic mass is 35.5. The molecule has 134 valence electrons. The number of halogens is 1. The number of aryl methyl sites for hydroxylation is 2. The van der Waals surface area contributed by atoms with Crippen LogP contribution in [0.2, 0.25) is 5.02 Å². The summed E-state index contributed by atoms with van der Waals surface area (Å²) in [5, 5.41) is 0.463. The Bertz CT molecular complexity index is 738.